The average Bonchev–Trinajstić information content (AvgIpc) is 3.40. The smallest absolute Gasteiger partial charge is 0.328 e. The first kappa shape index (κ1) is 40.3. The van der Waals surface area contributed by atoms with Gasteiger partial charge in [-0.2, -0.15) is 11.8 Å². The summed E-state index contributed by atoms with van der Waals surface area (Å²) in [5, 5.41) is 8.98. The van der Waals surface area contributed by atoms with E-state index < -0.39 is 47.9 Å². The van der Waals surface area contributed by atoms with Crippen LogP contribution in [-0.2, 0) is 64.6 Å². The highest BCUT2D eigenvalue weighted by atomic mass is 32.2. The quantitative estimate of drug-likeness (QED) is 0.130. The molecule has 0 saturated carbocycles. The SMILES string of the molecule is CCOC(=O)CC(Cc1ncc(CN[C@H](C(=O)N[C@@H](Cc2ccccc2)C(=O)N[C@@H](CCSC)C(=O)OC)C(C)C)n1C)C(=O)OCC. The van der Waals surface area contributed by atoms with E-state index in [1.54, 1.807) is 38.9 Å². The van der Waals surface area contributed by atoms with Gasteiger partial charge in [0.1, 0.15) is 17.9 Å². The standard InChI is InChI=1S/C34H51N5O8S/c1-8-46-29(40)19-24(33(43)47-9-2)18-28-35-20-25(39(28)5)21-36-30(22(3)4)32(42)38-27(17-23-13-11-10-12-14-23)31(41)37-26(15-16-48-7)34(44)45-6/h10-14,20,22,24,26-27,30,36H,8-9,15-19,21H2,1-7H3,(H,37,41)(H,38,42)/t24?,26-,27-,30-/m0/s1. The minimum absolute atomic E-state index is 0.127. The van der Waals surface area contributed by atoms with Gasteiger partial charge >= 0.3 is 17.9 Å². The van der Waals surface area contributed by atoms with E-state index >= 15 is 0 Å². The van der Waals surface area contributed by atoms with Gasteiger partial charge < -0.3 is 29.4 Å². The maximum Gasteiger partial charge on any atom is 0.328 e. The van der Waals surface area contributed by atoms with Crippen molar-refractivity contribution < 1.29 is 38.2 Å². The molecule has 1 aromatic carbocycles. The summed E-state index contributed by atoms with van der Waals surface area (Å²) in [6, 6.07) is 6.84. The van der Waals surface area contributed by atoms with E-state index in [1.807, 2.05) is 55.0 Å². The number of methoxy groups -OCH3 is 1. The van der Waals surface area contributed by atoms with Gasteiger partial charge in [0.05, 0.1) is 44.4 Å². The Morgan fingerprint density at radius 2 is 1.58 bits per heavy atom. The molecule has 266 valence electrons. The van der Waals surface area contributed by atoms with E-state index in [1.165, 1.54) is 7.11 Å². The Kier molecular flexibility index (Phi) is 17.7. The highest BCUT2D eigenvalue weighted by Gasteiger charge is 2.31. The van der Waals surface area contributed by atoms with Gasteiger partial charge in [-0.3, -0.25) is 24.5 Å². The first-order chi connectivity index (χ1) is 22.9. The predicted octanol–water partition coefficient (Wildman–Crippen LogP) is 2.35. The second kappa shape index (κ2) is 21.1. The lowest BCUT2D eigenvalue weighted by Gasteiger charge is -2.26. The van der Waals surface area contributed by atoms with Crippen molar-refractivity contribution in [3.63, 3.8) is 0 Å². The number of nitrogens with zero attached hydrogens (tertiary/aromatic N) is 2. The molecular formula is C34H51N5O8S. The summed E-state index contributed by atoms with van der Waals surface area (Å²) in [6.07, 6.45) is 4.21. The van der Waals surface area contributed by atoms with Crippen LogP contribution in [0.3, 0.4) is 0 Å². The minimum atomic E-state index is -0.952. The number of amides is 2. The van der Waals surface area contributed by atoms with Crippen LogP contribution in [0.4, 0.5) is 0 Å². The van der Waals surface area contributed by atoms with Crippen molar-refractivity contribution in [2.45, 2.75) is 78.0 Å². The zero-order chi connectivity index (χ0) is 35.6. The molecule has 0 radical (unpaired) electrons. The summed E-state index contributed by atoms with van der Waals surface area (Å²) >= 11 is 1.55. The van der Waals surface area contributed by atoms with Gasteiger partial charge in [0.25, 0.3) is 0 Å². The fraction of sp³-hybridized carbons (Fsp3) is 0.588. The Morgan fingerprint density at radius 3 is 2.19 bits per heavy atom. The third-order valence-corrected chi connectivity index (χ3v) is 8.37. The number of carbonyl (C=O) groups excluding carboxylic acids is 5. The number of benzene rings is 1. The zero-order valence-corrected chi connectivity index (χ0v) is 29.9. The molecule has 2 amide bonds. The van der Waals surface area contributed by atoms with Crippen molar-refractivity contribution >= 4 is 41.5 Å². The number of carbonyl (C=O) groups is 5. The first-order valence-corrected chi connectivity index (χ1v) is 17.6. The number of esters is 3. The van der Waals surface area contributed by atoms with Gasteiger partial charge in [0.2, 0.25) is 11.8 Å². The monoisotopic (exact) mass is 689 g/mol. The fourth-order valence-electron chi connectivity index (χ4n) is 5.05. The lowest BCUT2D eigenvalue weighted by atomic mass is 10.0. The van der Waals surface area contributed by atoms with Crippen molar-refractivity contribution in [3.05, 3.63) is 53.6 Å². The highest BCUT2D eigenvalue weighted by Crippen LogP contribution is 2.17. The molecule has 1 unspecified atom stereocenters. The van der Waals surface area contributed by atoms with Crippen LogP contribution >= 0.6 is 11.8 Å². The molecule has 13 nitrogen and oxygen atoms in total. The number of thioether (sulfide) groups is 1. The fourth-order valence-corrected chi connectivity index (χ4v) is 5.52. The molecular weight excluding hydrogens is 638 g/mol. The van der Waals surface area contributed by atoms with E-state index in [-0.39, 0.29) is 50.8 Å². The van der Waals surface area contributed by atoms with Crippen molar-refractivity contribution in [1.82, 2.24) is 25.5 Å². The summed E-state index contributed by atoms with van der Waals surface area (Å²) in [6.45, 7) is 7.85. The first-order valence-electron chi connectivity index (χ1n) is 16.2. The molecule has 3 N–H and O–H groups in total. The van der Waals surface area contributed by atoms with Crippen LogP contribution in [0, 0.1) is 11.8 Å². The van der Waals surface area contributed by atoms with Crippen LogP contribution in [0.15, 0.2) is 36.5 Å². The van der Waals surface area contributed by atoms with Gasteiger partial charge in [-0.15, -0.1) is 0 Å². The molecule has 0 aliphatic heterocycles. The molecule has 1 aromatic heterocycles. The Hall–Kier alpha value is -3.91. The van der Waals surface area contributed by atoms with Gasteiger partial charge in [-0.05, 0) is 43.8 Å². The molecule has 0 spiro atoms. The number of hydrogen-bond donors (Lipinski definition) is 3. The molecule has 0 aliphatic rings. The Labute approximate surface area is 287 Å². The molecule has 0 aliphatic carbocycles. The average molecular weight is 690 g/mol. The molecule has 0 bridgehead atoms. The topological polar surface area (TPSA) is 167 Å². The van der Waals surface area contributed by atoms with Gasteiger partial charge in [-0.25, -0.2) is 9.78 Å². The number of imidazole rings is 1. The zero-order valence-electron chi connectivity index (χ0n) is 29.1. The second-order valence-electron chi connectivity index (χ2n) is 11.6. The van der Waals surface area contributed by atoms with Gasteiger partial charge in [0, 0.05) is 32.6 Å². The van der Waals surface area contributed by atoms with Crippen LogP contribution in [0.5, 0.6) is 0 Å². The normalized spacial score (nSPS) is 13.6. The van der Waals surface area contributed by atoms with Crippen molar-refractivity contribution in [1.29, 1.82) is 0 Å². The highest BCUT2D eigenvalue weighted by molar-refractivity contribution is 7.98. The van der Waals surface area contributed by atoms with Crippen LogP contribution < -0.4 is 16.0 Å². The predicted molar refractivity (Wildman–Crippen MR) is 183 cm³/mol. The third-order valence-electron chi connectivity index (χ3n) is 7.73. The number of rotatable bonds is 21. The summed E-state index contributed by atoms with van der Waals surface area (Å²) in [7, 11) is 3.07. The molecule has 2 aromatic rings. The number of hydrogen-bond acceptors (Lipinski definition) is 11. The molecule has 0 fully saturated rings. The number of aromatic nitrogens is 2. The van der Waals surface area contributed by atoms with Crippen molar-refractivity contribution in [2.75, 3.05) is 32.3 Å². The van der Waals surface area contributed by atoms with E-state index in [2.05, 4.69) is 20.9 Å². The lowest BCUT2D eigenvalue weighted by molar-refractivity contribution is -0.154. The molecule has 0 saturated heterocycles. The van der Waals surface area contributed by atoms with Crippen molar-refractivity contribution in [3.8, 4) is 0 Å². The lowest BCUT2D eigenvalue weighted by Crippen LogP contribution is -2.57. The maximum atomic E-state index is 13.7. The largest absolute Gasteiger partial charge is 0.467 e. The van der Waals surface area contributed by atoms with E-state index in [4.69, 9.17) is 14.2 Å². The summed E-state index contributed by atoms with van der Waals surface area (Å²) in [5.41, 5.74) is 1.59. The van der Waals surface area contributed by atoms with Crippen molar-refractivity contribution in [2.24, 2.45) is 18.9 Å². The second-order valence-corrected chi connectivity index (χ2v) is 12.6. The van der Waals surface area contributed by atoms with E-state index in [0.717, 1.165) is 11.3 Å². The van der Waals surface area contributed by atoms with E-state index in [0.29, 0.717) is 18.0 Å². The summed E-state index contributed by atoms with van der Waals surface area (Å²) in [4.78, 5) is 68.9. The Balaban J connectivity index is 2.20. The van der Waals surface area contributed by atoms with Crippen LogP contribution in [0.1, 0.15) is 57.6 Å². The molecule has 2 rings (SSSR count). The maximum absolute atomic E-state index is 13.7. The summed E-state index contributed by atoms with van der Waals surface area (Å²) in [5.74, 6) is -2.10. The molecule has 4 atom stereocenters. The summed E-state index contributed by atoms with van der Waals surface area (Å²) < 4.78 is 16.9. The van der Waals surface area contributed by atoms with Gasteiger partial charge in [-0.1, -0.05) is 44.2 Å². The molecule has 1 heterocycles. The Bertz CT molecular complexity index is 1340. The van der Waals surface area contributed by atoms with Crippen LogP contribution in [0.25, 0.3) is 0 Å². The van der Waals surface area contributed by atoms with Crippen LogP contribution in [0.2, 0.25) is 0 Å². The Morgan fingerprint density at radius 1 is 0.917 bits per heavy atom. The number of ether oxygens (including phenoxy) is 3. The minimum Gasteiger partial charge on any atom is -0.467 e. The number of nitrogens with one attached hydrogen (secondary N) is 3. The van der Waals surface area contributed by atoms with Crippen LogP contribution in [-0.4, -0.2) is 89.7 Å². The third kappa shape index (κ3) is 12.9. The van der Waals surface area contributed by atoms with Gasteiger partial charge in [0.15, 0.2) is 0 Å². The molecule has 14 heteroatoms. The van der Waals surface area contributed by atoms with E-state index in [9.17, 15) is 24.0 Å². The molecule has 48 heavy (non-hydrogen) atoms.